The third-order valence-electron chi connectivity index (χ3n) is 3.71. The Hall–Kier alpha value is -2.19. The number of guanidine groups is 1. The second-order valence-corrected chi connectivity index (χ2v) is 6.49. The van der Waals surface area contributed by atoms with Gasteiger partial charge in [-0.3, -0.25) is 4.99 Å². The minimum absolute atomic E-state index is 0.0223. The molecule has 136 valence electrons. The molecule has 0 spiro atoms. The highest BCUT2D eigenvalue weighted by Gasteiger charge is 2.13. The van der Waals surface area contributed by atoms with Crippen LogP contribution in [0.3, 0.4) is 0 Å². The average molecular weight is 366 g/mol. The minimum atomic E-state index is -0.634. The highest BCUT2D eigenvalue weighted by Crippen LogP contribution is 2.21. The molecule has 0 aliphatic heterocycles. The molecule has 1 unspecified atom stereocenters. The molecular weight excluding hydrogens is 343 g/mol. The molecule has 0 saturated heterocycles. The fraction of sp³-hybridized carbons (Fsp3) is 0.412. The van der Waals surface area contributed by atoms with Crippen LogP contribution in [0.1, 0.15) is 29.3 Å². The van der Waals surface area contributed by atoms with Gasteiger partial charge < -0.3 is 20.1 Å². The van der Waals surface area contributed by atoms with E-state index in [-0.39, 0.29) is 11.9 Å². The molecule has 0 amide bonds. The number of rotatable bonds is 6. The maximum Gasteiger partial charge on any atom is 0.194 e. The van der Waals surface area contributed by atoms with E-state index < -0.39 is 5.82 Å². The molecule has 0 aliphatic carbocycles. The van der Waals surface area contributed by atoms with Crippen LogP contribution in [-0.2, 0) is 17.8 Å². The third-order valence-corrected chi connectivity index (χ3v) is 4.76. The van der Waals surface area contributed by atoms with Crippen molar-refractivity contribution in [2.45, 2.75) is 26.1 Å². The Kier molecular flexibility index (Phi) is 6.72. The first kappa shape index (κ1) is 19.1. The topological polar surface area (TPSA) is 70.0 Å². The first-order valence-electron chi connectivity index (χ1n) is 7.80. The zero-order valence-corrected chi connectivity index (χ0v) is 15.6. The summed E-state index contributed by atoms with van der Waals surface area (Å²) in [6, 6.07) is 4.30. The Labute approximate surface area is 151 Å². The van der Waals surface area contributed by atoms with Gasteiger partial charge in [0.05, 0.1) is 12.2 Å². The van der Waals surface area contributed by atoms with Gasteiger partial charge in [-0.25, -0.2) is 9.37 Å². The summed E-state index contributed by atoms with van der Waals surface area (Å²) in [5.74, 6) is -0.317. The van der Waals surface area contributed by atoms with Crippen molar-refractivity contribution in [2.75, 3.05) is 21.2 Å². The standard InChI is InChI=1S/C17H23FN4O2S/c1-11(24-4)16-21-13(10-25-16)9-22(3)17(19-2)20-8-12-5-6-15(23)14(18)7-12/h5-7,10-11,23H,8-9H2,1-4H3,(H,19,20). The summed E-state index contributed by atoms with van der Waals surface area (Å²) >= 11 is 1.57. The van der Waals surface area contributed by atoms with E-state index in [0.29, 0.717) is 19.0 Å². The van der Waals surface area contributed by atoms with Crippen molar-refractivity contribution < 1.29 is 14.2 Å². The molecule has 2 N–H and O–H groups in total. The summed E-state index contributed by atoms with van der Waals surface area (Å²) in [7, 11) is 5.26. The van der Waals surface area contributed by atoms with Crippen molar-refractivity contribution >= 4 is 17.3 Å². The molecule has 1 heterocycles. The zero-order valence-electron chi connectivity index (χ0n) is 14.8. The summed E-state index contributed by atoms with van der Waals surface area (Å²) in [5, 5.41) is 15.4. The van der Waals surface area contributed by atoms with Crippen LogP contribution >= 0.6 is 11.3 Å². The number of hydrogen-bond donors (Lipinski definition) is 2. The van der Waals surface area contributed by atoms with Crippen LogP contribution in [0.15, 0.2) is 28.6 Å². The number of phenols is 1. The molecule has 0 aliphatic rings. The molecule has 0 bridgehead atoms. The highest BCUT2D eigenvalue weighted by atomic mass is 32.1. The van der Waals surface area contributed by atoms with Gasteiger partial charge in [0.15, 0.2) is 17.5 Å². The number of methoxy groups -OCH3 is 1. The van der Waals surface area contributed by atoms with E-state index in [1.165, 1.54) is 12.1 Å². The number of phenolic OH excluding ortho intramolecular Hbond substituents is 1. The first-order valence-corrected chi connectivity index (χ1v) is 8.68. The first-order chi connectivity index (χ1) is 11.9. The second kappa shape index (κ2) is 8.77. The number of hydrogen-bond acceptors (Lipinski definition) is 5. The molecule has 2 aromatic rings. The van der Waals surface area contributed by atoms with Gasteiger partial charge in [0.1, 0.15) is 11.1 Å². The van der Waals surface area contributed by atoms with E-state index in [1.54, 1.807) is 31.6 Å². The molecule has 25 heavy (non-hydrogen) atoms. The highest BCUT2D eigenvalue weighted by molar-refractivity contribution is 7.09. The van der Waals surface area contributed by atoms with E-state index in [1.807, 2.05) is 24.3 Å². The molecule has 1 atom stereocenters. The quantitative estimate of drug-likeness (QED) is 0.608. The van der Waals surface area contributed by atoms with Crippen LogP contribution in [0.25, 0.3) is 0 Å². The number of aromatic hydroxyl groups is 1. The Morgan fingerprint density at radius 3 is 2.92 bits per heavy atom. The lowest BCUT2D eigenvalue weighted by molar-refractivity contribution is 0.119. The van der Waals surface area contributed by atoms with Crippen LogP contribution < -0.4 is 5.32 Å². The van der Waals surface area contributed by atoms with Gasteiger partial charge in [-0.15, -0.1) is 11.3 Å². The van der Waals surface area contributed by atoms with Crippen molar-refractivity contribution in [1.29, 1.82) is 0 Å². The number of aromatic nitrogens is 1. The number of nitrogens with one attached hydrogen (secondary N) is 1. The largest absolute Gasteiger partial charge is 0.505 e. The minimum Gasteiger partial charge on any atom is -0.505 e. The summed E-state index contributed by atoms with van der Waals surface area (Å²) in [5.41, 5.74) is 1.65. The van der Waals surface area contributed by atoms with Crippen molar-refractivity contribution in [3.05, 3.63) is 45.7 Å². The monoisotopic (exact) mass is 366 g/mol. The zero-order chi connectivity index (χ0) is 18.4. The molecule has 2 rings (SSSR count). The van der Waals surface area contributed by atoms with Crippen LogP contribution in [0.2, 0.25) is 0 Å². The van der Waals surface area contributed by atoms with E-state index in [9.17, 15) is 9.50 Å². The molecule has 0 radical (unpaired) electrons. The van der Waals surface area contributed by atoms with Gasteiger partial charge in [-0.05, 0) is 24.6 Å². The fourth-order valence-corrected chi connectivity index (χ4v) is 3.07. The maximum absolute atomic E-state index is 13.4. The van der Waals surface area contributed by atoms with Crippen LogP contribution in [0, 0.1) is 5.82 Å². The number of benzene rings is 1. The number of halogens is 1. The SMILES string of the molecule is CN=C(NCc1ccc(O)c(F)c1)N(C)Cc1csc(C(C)OC)n1. The van der Waals surface area contributed by atoms with Gasteiger partial charge in [-0.1, -0.05) is 6.07 Å². The van der Waals surface area contributed by atoms with Gasteiger partial charge in [0.25, 0.3) is 0 Å². The van der Waals surface area contributed by atoms with Crippen LogP contribution in [0.5, 0.6) is 5.75 Å². The fourth-order valence-electron chi connectivity index (χ4n) is 2.23. The van der Waals surface area contributed by atoms with Crippen molar-refractivity contribution in [2.24, 2.45) is 4.99 Å². The van der Waals surface area contributed by atoms with E-state index >= 15 is 0 Å². The predicted octanol–water partition coefficient (Wildman–Crippen LogP) is 2.90. The Morgan fingerprint density at radius 1 is 1.52 bits per heavy atom. The Bertz CT molecular complexity index is 735. The number of ether oxygens (including phenoxy) is 1. The maximum atomic E-state index is 13.4. The average Bonchev–Trinajstić information content (AvgIpc) is 3.06. The molecule has 6 nitrogen and oxygen atoms in total. The number of aliphatic imine (C=N–C) groups is 1. The lowest BCUT2D eigenvalue weighted by Crippen LogP contribution is -2.38. The lowest BCUT2D eigenvalue weighted by atomic mass is 10.2. The number of thiazole rings is 1. The molecule has 0 fully saturated rings. The molecule has 0 saturated carbocycles. The van der Waals surface area contributed by atoms with Gasteiger partial charge in [0, 0.05) is 33.1 Å². The summed E-state index contributed by atoms with van der Waals surface area (Å²) in [4.78, 5) is 10.7. The summed E-state index contributed by atoms with van der Waals surface area (Å²) in [6.45, 7) is 2.96. The van der Waals surface area contributed by atoms with E-state index in [4.69, 9.17) is 4.74 Å². The predicted molar refractivity (Wildman–Crippen MR) is 97.3 cm³/mol. The Morgan fingerprint density at radius 2 is 2.28 bits per heavy atom. The Balaban J connectivity index is 1.95. The van der Waals surface area contributed by atoms with Crippen LogP contribution in [-0.4, -0.2) is 42.2 Å². The van der Waals surface area contributed by atoms with Crippen molar-refractivity contribution in [1.82, 2.24) is 15.2 Å². The normalized spacial score (nSPS) is 12.9. The van der Waals surface area contributed by atoms with E-state index in [0.717, 1.165) is 16.3 Å². The molecule has 8 heteroatoms. The molecule has 1 aromatic carbocycles. The molecule has 1 aromatic heterocycles. The summed E-state index contributed by atoms with van der Waals surface area (Å²) in [6.07, 6.45) is -0.0223. The van der Waals surface area contributed by atoms with Gasteiger partial charge in [-0.2, -0.15) is 0 Å². The second-order valence-electron chi connectivity index (χ2n) is 5.60. The smallest absolute Gasteiger partial charge is 0.194 e. The molecular formula is C17H23FN4O2S. The van der Waals surface area contributed by atoms with Crippen molar-refractivity contribution in [3.8, 4) is 5.75 Å². The van der Waals surface area contributed by atoms with Gasteiger partial charge >= 0.3 is 0 Å². The van der Waals surface area contributed by atoms with Crippen LogP contribution in [0.4, 0.5) is 4.39 Å². The van der Waals surface area contributed by atoms with Gasteiger partial charge in [0.2, 0.25) is 0 Å². The summed E-state index contributed by atoms with van der Waals surface area (Å²) < 4.78 is 18.7. The van der Waals surface area contributed by atoms with Crippen molar-refractivity contribution in [3.63, 3.8) is 0 Å². The van der Waals surface area contributed by atoms with E-state index in [2.05, 4.69) is 15.3 Å². The lowest BCUT2D eigenvalue weighted by Gasteiger charge is -2.21. The number of nitrogens with zero attached hydrogens (tertiary/aromatic N) is 3. The third kappa shape index (κ3) is 5.14.